The lowest BCUT2D eigenvalue weighted by Crippen LogP contribution is -1.95. The molecule has 0 aliphatic carbocycles. The van der Waals surface area contributed by atoms with E-state index in [9.17, 15) is 4.79 Å². The van der Waals surface area contributed by atoms with Crippen LogP contribution in [-0.4, -0.2) is 21.3 Å². The monoisotopic (exact) mass is 156 g/mol. The molecular weight excluding hydrogens is 148 g/mol. The van der Waals surface area contributed by atoms with E-state index in [1.54, 1.807) is 0 Å². The van der Waals surface area contributed by atoms with Crippen molar-refractivity contribution in [1.29, 1.82) is 0 Å². The maximum absolute atomic E-state index is 10.2. The smallest absolute Gasteiger partial charge is 0.393 e. The van der Waals surface area contributed by atoms with Gasteiger partial charge in [0.15, 0.2) is 0 Å². The molecule has 1 heterocycles. The Hall–Kier alpha value is -1.39. The van der Waals surface area contributed by atoms with Crippen molar-refractivity contribution in [3.8, 4) is 0 Å². The summed E-state index contributed by atoms with van der Waals surface area (Å²) in [6, 6.07) is 0. The van der Waals surface area contributed by atoms with Crippen LogP contribution in [0.5, 0.6) is 0 Å². The highest BCUT2D eigenvalue weighted by Crippen LogP contribution is 2.01. The van der Waals surface area contributed by atoms with Gasteiger partial charge in [0.1, 0.15) is 0 Å². The molecule has 1 rings (SSSR count). The lowest BCUT2D eigenvalue weighted by Gasteiger charge is -1.84. The first kappa shape index (κ1) is 7.71. The number of carboxylic acid groups (broad SMARTS) is 1. The molecule has 1 aromatic rings. The van der Waals surface area contributed by atoms with Crippen LogP contribution in [0, 0.1) is 0 Å². The summed E-state index contributed by atoms with van der Waals surface area (Å²) in [5.41, 5.74) is 0. The Morgan fingerprint density at radius 3 is 2.82 bits per heavy atom. The number of nitrogens with zero attached hydrogens (tertiary/aromatic N) is 2. The van der Waals surface area contributed by atoms with Gasteiger partial charge < -0.3 is 9.52 Å². The van der Waals surface area contributed by atoms with Gasteiger partial charge in [0.05, 0.1) is 0 Å². The minimum Gasteiger partial charge on any atom is -0.474 e. The fourth-order valence-electron chi connectivity index (χ4n) is 0.655. The average Bonchev–Trinajstić information content (AvgIpc) is 2.37. The molecule has 0 fully saturated rings. The first-order chi connectivity index (χ1) is 5.24. The quantitative estimate of drug-likeness (QED) is 0.697. The van der Waals surface area contributed by atoms with Gasteiger partial charge in [0.2, 0.25) is 5.89 Å². The molecule has 1 aromatic heterocycles. The van der Waals surface area contributed by atoms with Gasteiger partial charge in [0.25, 0.3) is 0 Å². The van der Waals surface area contributed by atoms with Crippen LogP contribution in [0.1, 0.15) is 29.9 Å². The molecule has 11 heavy (non-hydrogen) atoms. The van der Waals surface area contributed by atoms with Gasteiger partial charge in [-0.15, -0.1) is 10.2 Å². The van der Waals surface area contributed by atoms with Gasteiger partial charge in [-0.1, -0.05) is 6.92 Å². The third-order valence-electron chi connectivity index (χ3n) is 1.11. The number of aromatic nitrogens is 2. The van der Waals surface area contributed by atoms with Crippen LogP contribution in [0.25, 0.3) is 0 Å². The number of carboxylic acids is 1. The van der Waals surface area contributed by atoms with Crippen molar-refractivity contribution in [2.24, 2.45) is 0 Å². The predicted octanol–water partition coefficient (Wildman–Crippen LogP) is 0.720. The average molecular weight is 156 g/mol. The topological polar surface area (TPSA) is 76.2 Å². The van der Waals surface area contributed by atoms with Crippen molar-refractivity contribution < 1.29 is 14.3 Å². The lowest BCUT2D eigenvalue weighted by atomic mass is 10.3. The second kappa shape index (κ2) is 3.14. The van der Waals surface area contributed by atoms with Crippen molar-refractivity contribution >= 4 is 5.97 Å². The standard InChI is InChI=1S/C6H8N2O3/c1-2-3-4-7-8-5(11-4)6(9)10/h2-3H2,1H3,(H,9,10). The molecule has 60 valence electrons. The summed E-state index contributed by atoms with van der Waals surface area (Å²) < 4.78 is 4.76. The Morgan fingerprint density at radius 2 is 2.36 bits per heavy atom. The van der Waals surface area contributed by atoms with Crippen LogP contribution in [0.4, 0.5) is 0 Å². The maximum atomic E-state index is 10.2. The number of aryl methyl sites for hydroxylation is 1. The normalized spacial score (nSPS) is 9.91. The highest BCUT2D eigenvalue weighted by Gasteiger charge is 2.11. The molecule has 0 aliphatic rings. The zero-order chi connectivity index (χ0) is 8.27. The summed E-state index contributed by atoms with van der Waals surface area (Å²) in [5, 5.41) is 15.2. The second-order valence-electron chi connectivity index (χ2n) is 2.06. The molecule has 0 atom stereocenters. The van der Waals surface area contributed by atoms with Gasteiger partial charge in [0, 0.05) is 6.42 Å². The third kappa shape index (κ3) is 1.76. The lowest BCUT2D eigenvalue weighted by molar-refractivity contribution is 0.0651. The maximum Gasteiger partial charge on any atom is 0.393 e. The van der Waals surface area contributed by atoms with E-state index in [0.717, 1.165) is 6.42 Å². The van der Waals surface area contributed by atoms with Crippen LogP contribution in [-0.2, 0) is 6.42 Å². The first-order valence-corrected chi connectivity index (χ1v) is 3.29. The second-order valence-corrected chi connectivity index (χ2v) is 2.06. The summed E-state index contributed by atoms with van der Waals surface area (Å²) in [4.78, 5) is 10.2. The Bertz CT molecular complexity index is 256. The van der Waals surface area contributed by atoms with E-state index in [4.69, 9.17) is 9.52 Å². The van der Waals surface area contributed by atoms with E-state index in [0.29, 0.717) is 12.3 Å². The molecule has 0 saturated carbocycles. The molecule has 0 spiro atoms. The number of rotatable bonds is 3. The molecule has 5 nitrogen and oxygen atoms in total. The Morgan fingerprint density at radius 1 is 1.64 bits per heavy atom. The highest BCUT2D eigenvalue weighted by molar-refractivity contribution is 5.81. The number of hydrogen-bond acceptors (Lipinski definition) is 4. The molecule has 1 N–H and O–H groups in total. The molecule has 0 aliphatic heterocycles. The molecule has 0 bridgehead atoms. The summed E-state index contributed by atoms with van der Waals surface area (Å²) in [5.74, 6) is -1.14. The third-order valence-corrected chi connectivity index (χ3v) is 1.11. The van der Waals surface area contributed by atoms with Crippen molar-refractivity contribution in [3.63, 3.8) is 0 Å². The molecule has 0 saturated heterocycles. The SMILES string of the molecule is CCCc1nnc(C(=O)O)o1. The molecule has 0 aromatic carbocycles. The Kier molecular flexibility index (Phi) is 2.20. The predicted molar refractivity (Wildman–Crippen MR) is 35.3 cm³/mol. The van der Waals surface area contributed by atoms with E-state index in [-0.39, 0.29) is 5.89 Å². The fraction of sp³-hybridized carbons (Fsp3) is 0.500. The van der Waals surface area contributed by atoms with Gasteiger partial charge in [-0.25, -0.2) is 4.79 Å². The minimum absolute atomic E-state index is 0.339. The van der Waals surface area contributed by atoms with E-state index in [1.165, 1.54) is 0 Å². The van der Waals surface area contributed by atoms with Crippen LogP contribution in [0.3, 0.4) is 0 Å². The van der Waals surface area contributed by atoms with E-state index < -0.39 is 5.97 Å². The summed E-state index contributed by atoms with van der Waals surface area (Å²) in [6.07, 6.45) is 1.49. The summed E-state index contributed by atoms with van der Waals surface area (Å²) in [6.45, 7) is 1.95. The minimum atomic E-state index is -1.18. The number of carbonyl (C=O) groups is 1. The van der Waals surface area contributed by atoms with Crippen molar-refractivity contribution in [1.82, 2.24) is 10.2 Å². The summed E-state index contributed by atoms with van der Waals surface area (Å²) >= 11 is 0. The van der Waals surface area contributed by atoms with Gasteiger partial charge in [-0.3, -0.25) is 0 Å². The number of hydrogen-bond donors (Lipinski definition) is 1. The van der Waals surface area contributed by atoms with Crippen molar-refractivity contribution in [2.75, 3.05) is 0 Å². The highest BCUT2D eigenvalue weighted by atomic mass is 16.4. The van der Waals surface area contributed by atoms with E-state index in [2.05, 4.69) is 10.2 Å². The van der Waals surface area contributed by atoms with Crippen LogP contribution < -0.4 is 0 Å². The molecular formula is C6H8N2O3. The molecule has 5 heteroatoms. The van der Waals surface area contributed by atoms with Gasteiger partial charge in [-0.2, -0.15) is 0 Å². The zero-order valence-corrected chi connectivity index (χ0v) is 6.07. The van der Waals surface area contributed by atoms with E-state index >= 15 is 0 Å². The van der Waals surface area contributed by atoms with Crippen LogP contribution in [0.2, 0.25) is 0 Å². The van der Waals surface area contributed by atoms with Crippen molar-refractivity contribution in [2.45, 2.75) is 19.8 Å². The van der Waals surface area contributed by atoms with Crippen LogP contribution >= 0.6 is 0 Å². The molecule has 0 amide bonds. The molecule has 0 unspecified atom stereocenters. The van der Waals surface area contributed by atoms with E-state index in [1.807, 2.05) is 6.92 Å². The first-order valence-electron chi connectivity index (χ1n) is 3.29. The largest absolute Gasteiger partial charge is 0.474 e. The Balaban J connectivity index is 2.73. The fourth-order valence-corrected chi connectivity index (χ4v) is 0.655. The van der Waals surface area contributed by atoms with Crippen LogP contribution in [0.15, 0.2) is 4.42 Å². The number of aromatic carboxylic acids is 1. The molecule has 0 radical (unpaired) electrons. The Labute approximate surface area is 63.0 Å². The van der Waals surface area contributed by atoms with Gasteiger partial charge in [-0.05, 0) is 6.42 Å². The summed E-state index contributed by atoms with van der Waals surface area (Å²) in [7, 11) is 0. The van der Waals surface area contributed by atoms with Gasteiger partial charge >= 0.3 is 11.9 Å². The van der Waals surface area contributed by atoms with Crippen molar-refractivity contribution in [3.05, 3.63) is 11.8 Å². The zero-order valence-electron chi connectivity index (χ0n) is 6.07.